The van der Waals surface area contributed by atoms with Crippen LogP contribution in [0.25, 0.3) is 0 Å². The average molecular weight is 297 g/mol. The highest BCUT2D eigenvalue weighted by Gasteiger charge is 2.64. The van der Waals surface area contributed by atoms with Crippen molar-refractivity contribution in [3.8, 4) is 0 Å². The quantitative estimate of drug-likeness (QED) is 0.611. The molecule has 0 aliphatic carbocycles. The number of carbonyl (C=O) groups excluding carboxylic acids is 2. The Balaban J connectivity index is 2.72. The number of hydrogen-bond acceptors (Lipinski definition) is 4. The van der Waals surface area contributed by atoms with Crippen molar-refractivity contribution in [3.05, 3.63) is 0 Å². The fraction of sp³-hybridized carbons (Fsp3) is 0.700. The molecular formula is C10H14F3N3O4. The number of nitrogens with zero attached hydrogens (tertiary/aromatic N) is 1. The summed E-state index contributed by atoms with van der Waals surface area (Å²) in [6, 6.07) is 0. The summed E-state index contributed by atoms with van der Waals surface area (Å²) < 4.78 is 38.6. The number of nitrogens with one attached hydrogen (secondary N) is 1. The molecule has 10 heteroatoms. The van der Waals surface area contributed by atoms with E-state index in [-0.39, 0.29) is 13.1 Å². The highest BCUT2D eigenvalue weighted by atomic mass is 19.4. The molecule has 20 heavy (non-hydrogen) atoms. The SMILES string of the molecule is NCC(=O)NCC(=O)N1CCC(C(=O)O)(C(F)(F)F)C1. The van der Waals surface area contributed by atoms with E-state index in [0.717, 1.165) is 4.90 Å². The van der Waals surface area contributed by atoms with Crippen molar-refractivity contribution in [3.63, 3.8) is 0 Å². The molecule has 114 valence electrons. The molecule has 1 saturated heterocycles. The topological polar surface area (TPSA) is 113 Å². The van der Waals surface area contributed by atoms with Crippen LogP contribution >= 0.6 is 0 Å². The van der Waals surface area contributed by atoms with Gasteiger partial charge in [-0.1, -0.05) is 0 Å². The second-order valence-corrected chi connectivity index (χ2v) is 4.43. The van der Waals surface area contributed by atoms with Crippen LogP contribution in [0.1, 0.15) is 6.42 Å². The molecule has 2 amide bonds. The largest absolute Gasteiger partial charge is 0.481 e. The first-order chi connectivity index (χ1) is 9.14. The third-order valence-electron chi connectivity index (χ3n) is 3.20. The van der Waals surface area contributed by atoms with Gasteiger partial charge in [0.2, 0.25) is 11.8 Å². The number of carbonyl (C=O) groups is 3. The molecule has 0 spiro atoms. The number of halogens is 3. The maximum absolute atomic E-state index is 12.9. The number of aliphatic carboxylic acids is 1. The Morgan fingerprint density at radius 3 is 2.35 bits per heavy atom. The van der Waals surface area contributed by atoms with E-state index in [2.05, 4.69) is 5.32 Å². The molecule has 1 unspecified atom stereocenters. The van der Waals surface area contributed by atoms with Crippen molar-refractivity contribution < 1.29 is 32.7 Å². The number of amides is 2. The van der Waals surface area contributed by atoms with E-state index < -0.39 is 48.9 Å². The molecule has 1 fully saturated rings. The molecule has 0 aromatic rings. The molecule has 1 aliphatic heterocycles. The van der Waals surface area contributed by atoms with Crippen LogP contribution in [0.3, 0.4) is 0 Å². The van der Waals surface area contributed by atoms with Crippen LogP contribution in [0.5, 0.6) is 0 Å². The summed E-state index contributed by atoms with van der Waals surface area (Å²) in [6.07, 6.45) is -5.66. The van der Waals surface area contributed by atoms with Crippen molar-refractivity contribution in [2.24, 2.45) is 11.1 Å². The Kier molecular flexibility index (Phi) is 4.58. The average Bonchev–Trinajstić information content (AvgIpc) is 2.81. The van der Waals surface area contributed by atoms with Crippen LogP contribution in [0.2, 0.25) is 0 Å². The smallest absolute Gasteiger partial charge is 0.406 e. The van der Waals surface area contributed by atoms with Crippen molar-refractivity contribution in [1.82, 2.24) is 10.2 Å². The van der Waals surface area contributed by atoms with Crippen LogP contribution in [0.15, 0.2) is 0 Å². The summed E-state index contributed by atoms with van der Waals surface area (Å²) in [5.74, 6) is -3.41. The summed E-state index contributed by atoms with van der Waals surface area (Å²) in [5, 5.41) is 10.9. The van der Waals surface area contributed by atoms with Gasteiger partial charge < -0.3 is 21.1 Å². The second kappa shape index (κ2) is 5.65. The minimum atomic E-state index is -4.95. The Morgan fingerprint density at radius 2 is 1.95 bits per heavy atom. The minimum Gasteiger partial charge on any atom is -0.481 e. The van der Waals surface area contributed by atoms with E-state index >= 15 is 0 Å². The van der Waals surface area contributed by atoms with Crippen LogP contribution in [0, 0.1) is 5.41 Å². The van der Waals surface area contributed by atoms with Gasteiger partial charge in [-0.05, 0) is 6.42 Å². The predicted molar refractivity (Wildman–Crippen MR) is 59.4 cm³/mol. The number of rotatable bonds is 4. The normalized spacial score (nSPS) is 22.7. The standard InChI is InChI=1S/C10H14F3N3O4/c11-10(12,13)9(8(19)20)1-2-16(5-9)7(18)4-15-6(17)3-14/h1-5,14H2,(H,15,17)(H,19,20). The molecule has 1 heterocycles. The molecular weight excluding hydrogens is 283 g/mol. The lowest BCUT2D eigenvalue weighted by atomic mass is 9.86. The van der Waals surface area contributed by atoms with Gasteiger partial charge in [0, 0.05) is 13.1 Å². The van der Waals surface area contributed by atoms with Gasteiger partial charge >= 0.3 is 12.1 Å². The number of hydrogen-bond donors (Lipinski definition) is 3. The van der Waals surface area contributed by atoms with E-state index in [1.807, 2.05) is 0 Å². The number of alkyl halides is 3. The summed E-state index contributed by atoms with van der Waals surface area (Å²) >= 11 is 0. The lowest BCUT2D eigenvalue weighted by molar-refractivity contribution is -0.227. The summed E-state index contributed by atoms with van der Waals surface area (Å²) in [6.45, 7) is -2.15. The predicted octanol–water partition coefficient (Wildman–Crippen LogP) is -1.07. The number of likely N-dealkylation sites (tertiary alicyclic amines) is 1. The molecule has 0 aromatic carbocycles. The first kappa shape index (κ1) is 16.2. The minimum absolute atomic E-state index is 0.330. The Labute approximate surface area is 111 Å². The Bertz CT molecular complexity index is 426. The molecule has 7 nitrogen and oxygen atoms in total. The van der Waals surface area contributed by atoms with Crippen LogP contribution in [-0.2, 0) is 14.4 Å². The fourth-order valence-corrected chi connectivity index (χ4v) is 1.91. The number of nitrogens with two attached hydrogens (primary N) is 1. The van der Waals surface area contributed by atoms with Crippen molar-refractivity contribution in [1.29, 1.82) is 0 Å². The third-order valence-corrected chi connectivity index (χ3v) is 3.20. The van der Waals surface area contributed by atoms with Gasteiger partial charge in [-0.25, -0.2) is 0 Å². The second-order valence-electron chi connectivity index (χ2n) is 4.43. The van der Waals surface area contributed by atoms with Crippen LogP contribution in [-0.4, -0.2) is 60.1 Å². The van der Waals surface area contributed by atoms with E-state index in [4.69, 9.17) is 10.8 Å². The number of carboxylic acids is 1. The zero-order valence-electron chi connectivity index (χ0n) is 10.4. The maximum atomic E-state index is 12.9. The van der Waals surface area contributed by atoms with Gasteiger partial charge in [0.1, 0.15) is 0 Å². The number of carboxylic acid groups (broad SMARTS) is 1. The highest BCUT2D eigenvalue weighted by molar-refractivity contribution is 5.86. The van der Waals surface area contributed by atoms with Crippen LogP contribution in [0.4, 0.5) is 13.2 Å². The van der Waals surface area contributed by atoms with Gasteiger partial charge in [0.15, 0.2) is 5.41 Å². The lowest BCUT2D eigenvalue weighted by Gasteiger charge is -2.27. The first-order valence-electron chi connectivity index (χ1n) is 5.69. The van der Waals surface area contributed by atoms with Gasteiger partial charge in [-0.15, -0.1) is 0 Å². The van der Waals surface area contributed by atoms with E-state index in [0.29, 0.717) is 0 Å². The molecule has 0 bridgehead atoms. The monoisotopic (exact) mass is 297 g/mol. The van der Waals surface area contributed by atoms with Gasteiger partial charge in [0.05, 0.1) is 13.1 Å². The molecule has 0 radical (unpaired) electrons. The van der Waals surface area contributed by atoms with E-state index in [9.17, 15) is 27.6 Å². The van der Waals surface area contributed by atoms with Gasteiger partial charge in [-0.3, -0.25) is 14.4 Å². The Morgan fingerprint density at radius 1 is 1.35 bits per heavy atom. The molecule has 4 N–H and O–H groups in total. The zero-order valence-corrected chi connectivity index (χ0v) is 10.4. The molecule has 1 atom stereocenters. The molecule has 0 aromatic heterocycles. The van der Waals surface area contributed by atoms with Gasteiger partial charge in [-0.2, -0.15) is 13.2 Å². The Hall–Kier alpha value is -1.84. The summed E-state index contributed by atoms with van der Waals surface area (Å²) in [4.78, 5) is 34.1. The molecule has 1 rings (SSSR count). The van der Waals surface area contributed by atoms with E-state index in [1.54, 1.807) is 0 Å². The lowest BCUT2D eigenvalue weighted by Crippen LogP contribution is -2.49. The van der Waals surface area contributed by atoms with Crippen molar-refractivity contribution >= 4 is 17.8 Å². The van der Waals surface area contributed by atoms with Gasteiger partial charge in [0.25, 0.3) is 0 Å². The maximum Gasteiger partial charge on any atom is 0.406 e. The molecule has 1 aliphatic rings. The third kappa shape index (κ3) is 3.00. The summed E-state index contributed by atoms with van der Waals surface area (Å²) in [5.41, 5.74) is 2.04. The van der Waals surface area contributed by atoms with Crippen molar-refractivity contribution in [2.75, 3.05) is 26.2 Å². The van der Waals surface area contributed by atoms with Crippen LogP contribution < -0.4 is 11.1 Å². The summed E-state index contributed by atoms with van der Waals surface area (Å²) in [7, 11) is 0. The zero-order chi connectivity index (χ0) is 15.6. The molecule has 0 saturated carbocycles. The fourth-order valence-electron chi connectivity index (χ4n) is 1.91. The van der Waals surface area contributed by atoms with Crippen molar-refractivity contribution in [2.45, 2.75) is 12.6 Å². The first-order valence-corrected chi connectivity index (χ1v) is 5.69. The highest BCUT2D eigenvalue weighted by Crippen LogP contribution is 2.45. The van der Waals surface area contributed by atoms with E-state index in [1.165, 1.54) is 0 Å².